The van der Waals surface area contributed by atoms with Crippen LogP contribution >= 0.6 is 0 Å². The first-order chi connectivity index (χ1) is 14.1. The van der Waals surface area contributed by atoms with Gasteiger partial charge < -0.3 is 15.4 Å². The molecule has 0 saturated heterocycles. The normalized spacial score (nSPS) is 25.7. The molecule has 2 N–H and O–H groups in total. The number of carbonyl (C=O) groups excluding carboxylic acids is 3. The second-order valence-corrected chi connectivity index (χ2v) is 8.85. The van der Waals surface area contributed by atoms with Crippen molar-refractivity contribution in [3.63, 3.8) is 0 Å². The number of fused-ring (bicyclic) bond motifs is 2. The Hall–Kier alpha value is -2.37. The van der Waals surface area contributed by atoms with Crippen LogP contribution in [0.5, 0.6) is 0 Å². The van der Waals surface area contributed by atoms with Gasteiger partial charge in [0.1, 0.15) is 0 Å². The molecule has 6 nitrogen and oxygen atoms in total. The molecule has 0 unspecified atom stereocenters. The minimum absolute atomic E-state index is 0.180. The van der Waals surface area contributed by atoms with Crippen molar-refractivity contribution >= 4 is 23.5 Å². The maximum absolute atomic E-state index is 12.6. The number of anilines is 1. The Balaban J connectivity index is 1.26. The highest BCUT2D eigenvalue weighted by Crippen LogP contribution is 2.49. The Morgan fingerprint density at radius 1 is 1.00 bits per heavy atom. The van der Waals surface area contributed by atoms with Gasteiger partial charge in [-0.3, -0.25) is 14.4 Å². The van der Waals surface area contributed by atoms with Crippen LogP contribution in [0.4, 0.5) is 5.69 Å². The van der Waals surface area contributed by atoms with E-state index in [1.165, 1.54) is 19.3 Å². The Morgan fingerprint density at radius 3 is 2.52 bits per heavy atom. The molecule has 6 heteroatoms. The summed E-state index contributed by atoms with van der Waals surface area (Å²) in [5.41, 5.74) is 0.873. The summed E-state index contributed by atoms with van der Waals surface area (Å²) < 4.78 is 5.20. The lowest BCUT2D eigenvalue weighted by atomic mass is 9.86. The zero-order chi connectivity index (χ0) is 20.2. The van der Waals surface area contributed by atoms with Gasteiger partial charge in [0.25, 0.3) is 11.8 Å². The standard InChI is InChI=1S/C23H30N2O4/c26-21(14-29-22(27)13-17-12-15-9-10-16(17)11-15)25-20-8-4-3-7-19(20)23(28)24-18-5-1-2-6-18/h3-4,7-8,15-18H,1-2,5-6,9-14H2,(H,24,28)(H,25,26)/t15-,16-,17+/m1/s1. The summed E-state index contributed by atoms with van der Waals surface area (Å²) >= 11 is 0. The Kier molecular flexibility index (Phi) is 6.16. The maximum Gasteiger partial charge on any atom is 0.306 e. The number of rotatable bonds is 7. The molecular formula is C23H30N2O4. The zero-order valence-electron chi connectivity index (χ0n) is 16.8. The highest BCUT2D eigenvalue weighted by Gasteiger charge is 2.40. The van der Waals surface area contributed by atoms with Gasteiger partial charge in [0.05, 0.1) is 11.3 Å². The second kappa shape index (κ2) is 8.97. The van der Waals surface area contributed by atoms with Crippen molar-refractivity contribution in [3.8, 4) is 0 Å². The molecule has 3 atom stereocenters. The van der Waals surface area contributed by atoms with Gasteiger partial charge in [-0.1, -0.05) is 31.4 Å². The van der Waals surface area contributed by atoms with Crippen molar-refractivity contribution in [1.29, 1.82) is 0 Å². The number of nitrogens with one attached hydrogen (secondary N) is 2. The lowest BCUT2D eigenvalue weighted by Crippen LogP contribution is -2.33. The predicted molar refractivity (Wildman–Crippen MR) is 109 cm³/mol. The van der Waals surface area contributed by atoms with E-state index in [9.17, 15) is 14.4 Å². The van der Waals surface area contributed by atoms with E-state index in [1.54, 1.807) is 24.3 Å². The third-order valence-electron chi connectivity index (χ3n) is 6.81. The molecule has 156 valence electrons. The van der Waals surface area contributed by atoms with E-state index in [-0.39, 0.29) is 24.5 Å². The van der Waals surface area contributed by atoms with Gasteiger partial charge >= 0.3 is 5.97 Å². The third kappa shape index (κ3) is 4.98. The largest absolute Gasteiger partial charge is 0.456 e. The summed E-state index contributed by atoms with van der Waals surface area (Å²) in [6.07, 6.45) is 9.57. The lowest BCUT2D eigenvalue weighted by Gasteiger charge is -2.20. The van der Waals surface area contributed by atoms with E-state index in [0.29, 0.717) is 29.5 Å². The Morgan fingerprint density at radius 2 is 1.79 bits per heavy atom. The van der Waals surface area contributed by atoms with E-state index in [1.807, 2.05) is 0 Å². The van der Waals surface area contributed by atoms with Gasteiger partial charge in [-0.15, -0.1) is 0 Å². The summed E-state index contributed by atoms with van der Waals surface area (Å²) in [5.74, 6) is 0.961. The molecule has 1 aromatic rings. The minimum Gasteiger partial charge on any atom is -0.456 e. The van der Waals surface area contributed by atoms with Crippen LogP contribution in [0.3, 0.4) is 0 Å². The first kappa shape index (κ1) is 19.9. The minimum atomic E-state index is -0.424. The zero-order valence-corrected chi connectivity index (χ0v) is 16.8. The van der Waals surface area contributed by atoms with Crippen LogP contribution in [-0.4, -0.2) is 30.4 Å². The van der Waals surface area contributed by atoms with Crippen molar-refractivity contribution in [2.75, 3.05) is 11.9 Å². The van der Waals surface area contributed by atoms with E-state index < -0.39 is 5.91 Å². The molecule has 0 heterocycles. The third-order valence-corrected chi connectivity index (χ3v) is 6.81. The molecule has 2 bridgehead atoms. The van der Waals surface area contributed by atoms with Crippen molar-refractivity contribution < 1.29 is 19.1 Å². The molecule has 3 aliphatic carbocycles. The van der Waals surface area contributed by atoms with Gasteiger partial charge in [0.2, 0.25) is 0 Å². The summed E-state index contributed by atoms with van der Waals surface area (Å²) in [4.78, 5) is 37.0. The molecule has 0 radical (unpaired) electrons. The van der Waals surface area contributed by atoms with E-state index in [4.69, 9.17) is 4.74 Å². The van der Waals surface area contributed by atoms with E-state index in [2.05, 4.69) is 10.6 Å². The highest BCUT2D eigenvalue weighted by atomic mass is 16.5. The number of para-hydroxylation sites is 1. The fraction of sp³-hybridized carbons (Fsp3) is 0.609. The molecule has 29 heavy (non-hydrogen) atoms. The fourth-order valence-corrected chi connectivity index (χ4v) is 5.36. The first-order valence-electron chi connectivity index (χ1n) is 10.9. The molecule has 0 spiro atoms. The van der Waals surface area contributed by atoms with Gasteiger partial charge in [0.15, 0.2) is 6.61 Å². The van der Waals surface area contributed by atoms with Crippen LogP contribution in [-0.2, 0) is 14.3 Å². The number of amides is 2. The molecule has 2 amide bonds. The number of carbonyl (C=O) groups is 3. The summed E-state index contributed by atoms with van der Waals surface area (Å²) in [6.45, 7) is -0.321. The number of ether oxygens (including phenoxy) is 1. The summed E-state index contributed by atoms with van der Waals surface area (Å²) in [6, 6.07) is 7.13. The van der Waals surface area contributed by atoms with Gasteiger partial charge in [-0.2, -0.15) is 0 Å². The molecule has 0 aliphatic heterocycles. The topological polar surface area (TPSA) is 84.5 Å². The molecule has 3 fully saturated rings. The average molecular weight is 399 g/mol. The Bertz CT molecular complexity index is 772. The summed E-state index contributed by atoms with van der Waals surface area (Å²) in [7, 11) is 0. The second-order valence-electron chi connectivity index (χ2n) is 8.85. The smallest absolute Gasteiger partial charge is 0.306 e. The molecule has 4 rings (SSSR count). The van der Waals surface area contributed by atoms with Crippen LogP contribution in [0, 0.1) is 17.8 Å². The van der Waals surface area contributed by atoms with Crippen molar-refractivity contribution in [2.24, 2.45) is 17.8 Å². The number of hydrogen-bond acceptors (Lipinski definition) is 4. The highest BCUT2D eigenvalue weighted by molar-refractivity contribution is 6.04. The lowest BCUT2D eigenvalue weighted by molar-refractivity contribution is -0.148. The molecule has 3 aliphatic rings. The number of hydrogen-bond donors (Lipinski definition) is 2. The monoisotopic (exact) mass is 398 g/mol. The van der Waals surface area contributed by atoms with Gasteiger partial charge in [-0.05, 0) is 62.0 Å². The number of benzene rings is 1. The van der Waals surface area contributed by atoms with Crippen molar-refractivity contribution in [2.45, 2.75) is 63.8 Å². The van der Waals surface area contributed by atoms with Crippen molar-refractivity contribution in [3.05, 3.63) is 29.8 Å². The Labute approximate surface area is 171 Å². The van der Waals surface area contributed by atoms with E-state index in [0.717, 1.165) is 38.0 Å². The quantitative estimate of drug-likeness (QED) is 0.687. The molecular weight excluding hydrogens is 368 g/mol. The van der Waals surface area contributed by atoms with Crippen LogP contribution in [0.1, 0.15) is 68.1 Å². The average Bonchev–Trinajstić information content (AvgIpc) is 3.45. The van der Waals surface area contributed by atoms with E-state index >= 15 is 0 Å². The summed E-state index contributed by atoms with van der Waals surface area (Å²) in [5, 5.41) is 5.75. The van der Waals surface area contributed by atoms with Gasteiger partial charge in [0, 0.05) is 12.5 Å². The van der Waals surface area contributed by atoms with Crippen molar-refractivity contribution in [1.82, 2.24) is 5.32 Å². The van der Waals surface area contributed by atoms with Gasteiger partial charge in [-0.25, -0.2) is 0 Å². The molecule has 3 saturated carbocycles. The SMILES string of the molecule is O=C(COC(=O)C[C@@H]1C[C@@H]2CC[C@@H]1C2)Nc1ccccc1C(=O)NC1CCCC1. The van der Waals surface area contributed by atoms with Crippen LogP contribution in [0.2, 0.25) is 0 Å². The first-order valence-corrected chi connectivity index (χ1v) is 10.9. The molecule has 0 aromatic heterocycles. The molecule has 1 aromatic carbocycles. The van der Waals surface area contributed by atoms with Crippen LogP contribution < -0.4 is 10.6 Å². The fourth-order valence-electron chi connectivity index (χ4n) is 5.36. The van der Waals surface area contributed by atoms with Crippen LogP contribution in [0.25, 0.3) is 0 Å². The maximum atomic E-state index is 12.6. The van der Waals surface area contributed by atoms with Crippen LogP contribution in [0.15, 0.2) is 24.3 Å². The number of esters is 1. The predicted octanol–water partition coefficient (Wildman–Crippen LogP) is 3.67.